The van der Waals surface area contributed by atoms with Gasteiger partial charge in [-0.3, -0.25) is 9.69 Å². The molecule has 0 atom stereocenters. The second-order valence-corrected chi connectivity index (χ2v) is 5.23. The van der Waals surface area contributed by atoms with E-state index < -0.39 is 0 Å². The van der Waals surface area contributed by atoms with Gasteiger partial charge in [-0.05, 0) is 12.1 Å². The fourth-order valence-electron chi connectivity index (χ4n) is 2.31. The van der Waals surface area contributed by atoms with Gasteiger partial charge in [-0.2, -0.15) is 0 Å². The highest BCUT2D eigenvalue weighted by atomic mass is 16.5. The largest absolute Gasteiger partial charge is 0.497 e. The highest BCUT2D eigenvalue weighted by Crippen LogP contribution is 2.16. The van der Waals surface area contributed by atoms with Crippen molar-refractivity contribution >= 4 is 11.6 Å². The number of hydrogen-bond donors (Lipinski definition) is 2. The Balaban J connectivity index is 1.57. The van der Waals surface area contributed by atoms with Crippen LogP contribution in [0.5, 0.6) is 5.75 Å². The highest BCUT2D eigenvalue weighted by molar-refractivity contribution is 5.90. The van der Waals surface area contributed by atoms with Gasteiger partial charge in [0.05, 0.1) is 20.3 Å². The Morgan fingerprint density at radius 1 is 1.32 bits per heavy atom. The first-order valence-electron chi connectivity index (χ1n) is 7.72. The van der Waals surface area contributed by atoms with Crippen molar-refractivity contribution in [1.29, 1.82) is 0 Å². The number of ether oxygens (including phenoxy) is 2. The van der Waals surface area contributed by atoms with Crippen molar-refractivity contribution in [3.05, 3.63) is 24.3 Å². The zero-order chi connectivity index (χ0) is 15.6. The molecule has 1 fully saturated rings. The first-order chi connectivity index (χ1) is 10.8. The number of anilines is 1. The maximum atomic E-state index is 11.9. The van der Waals surface area contributed by atoms with Gasteiger partial charge in [0.25, 0.3) is 0 Å². The maximum absolute atomic E-state index is 11.9. The van der Waals surface area contributed by atoms with Crippen LogP contribution in [0.3, 0.4) is 0 Å². The van der Waals surface area contributed by atoms with E-state index in [2.05, 4.69) is 15.5 Å². The normalized spacial score (nSPS) is 15.5. The fourth-order valence-corrected chi connectivity index (χ4v) is 2.31. The first kappa shape index (κ1) is 16.7. The van der Waals surface area contributed by atoms with E-state index in [-0.39, 0.29) is 5.91 Å². The van der Waals surface area contributed by atoms with Crippen LogP contribution in [-0.4, -0.2) is 63.9 Å². The summed E-state index contributed by atoms with van der Waals surface area (Å²) in [6, 6.07) is 7.37. The quantitative estimate of drug-likeness (QED) is 0.700. The van der Waals surface area contributed by atoms with Gasteiger partial charge in [-0.25, -0.2) is 0 Å². The van der Waals surface area contributed by atoms with Crippen LogP contribution in [0.2, 0.25) is 0 Å². The maximum Gasteiger partial charge on any atom is 0.225 e. The number of carbonyl (C=O) groups is 1. The van der Waals surface area contributed by atoms with E-state index in [1.165, 1.54) is 0 Å². The molecule has 22 heavy (non-hydrogen) atoms. The SMILES string of the molecule is COc1cccc(NC(=O)CCNCCN2CCOCC2)c1. The van der Waals surface area contributed by atoms with Gasteiger partial charge in [0, 0.05) is 50.9 Å². The Bertz CT molecular complexity index is 462. The second kappa shape index (κ2) is 9.40. The van der Waals surface area contributed by atoms with Gasteiger partial charge >= 0.3 is 0 Å². The number of morpholine rings is 1. The van der Waals surface area contributed by atoms with Crippen molar-refractivity contribution in [2.45, 2.75) is 6.42 Å². The molecule has 0 aromatic heterocycles. The van der Waals surface area contributed by atoms with Gasteiger partial charge in [0.2, 0.25) is 5.91 Å². The lowest BCUT2D eigenvalue weighted by Gasteiger charge is -2.26. The lowest BCUT2D eigenvalue weighted by Crippen LogP contribution is -2.40. The molecule has 1 aliphatic heterocycles. The van der Waals surface area contributed by atoms with Crippen molar-refractivity contribution in [2.24, 2.45) is 0 Å². The molecule has 0 unspecified atom stereocenters. The van der Waals surface area contributed by atoms with E-state index in [0.717, 1.165) is 50.8 Å². The molecule has 1 aliphatic rings. The predicted octanol–water partition coefficient (Wildman–Crippen LogP) is 0.946. The van der Waals surface area contributed by atoms with Gasteiger partial charge in [0.15, 0.2) is 0 Å². The number of rotatable bonds is 8. The summed E-state index contributed by atoms with van der Waals surface area (Å²) in [4.78, 5) is 14.2. The lowest BCUT2D eigenvalue weighted by molar-refractivity contribution is -0.116. The molecule has 1 aromatic carbocycles. The molecule has 1 amide bonds. The molecule has 0 radical (unpaired) electrons. The monoisotopic (exact) mass is 307 g/mol. The third-order valence-electron chi connectivity index (χ3n) is 3.59. The first-order valence-corrected chi connectivity index (χ1v) is 7.72. The van der Waals surface area contributed by atoms with Crippen LogP contribution in [-0.2, 0) is 9.53 Å². The van der Waals surface area contributed by atoms with Gasteiger partial charge in [-0.1, -0.05) is 6.07 Å². The molecule has 122 valence electrons. The van der Waals surface area contributed by atoms with E-state index in [0.29, 0.717) is 13.0 Å². The molecule has 1 aromatic rings. The van der Waals surface area contributed by atoms with Gasteiger partial charge < -0.3 is 20.1 Å². The third kappa shape index (κ3) is 6.01. The van der Waals surface area contributed by atoms with E-state index in [9.17, 15) is 4.79 Å². The molecule has 0 bridgehead atoms. The zero-order valence-electron chi connectivity index (χ0n) is 13.1. The highest BCUT2D eigenvalue weighted by Gasteiger charge is 2.09. The van der Waals surface area contributed by atoms with Crippen LogP contribution in [0.15, 0.2) is 24.3 Å². The molecule has 1 saturated heterocycles. The molecule has 0 aliphatic carbocycles. The van der Waals surface area contributed by atoms with Crippen LogP contribution in [0.4, 0.5) is 5.69 Å². The van der Waals surface area contributed by atoms with Crippen LogP contribution in [0.25, 0.3) is 0 Å². The number of carbonyl (C=O) groups excluding carboxylic acids is 1. The number of amides is 1. The minimum Gasteiger partial charge on any atom is -0.497 e. The van der Waals surface area contributed by atoms with E-state index in [1.807, 2.05) is 24.3 Å². The molecule has 0 saturated carbocycles. The molecule has 6 nitrogen and oxygen atoms in total. The Morgan fingerprint density at radius 2 is 2.14 bits per heavy atom. The Labute approximate surface area is 131 Å². The van der Waals surface area contributed by atoms with E-state index in [4.69, 9.17) is 9.47 Å². The third-order valence-corrected chi connectivity index (χ3v) is 3.59. The van der Waals surface area contributed by atoms with Crippen LogP contribution >= 0.6 is 0 Å². The molecule has 6 heteroatoms. The second-order valence-electron chi connectivity index (χ2n) is 5.23. The molecule has 1 heterocycles. The summed E-state index contributed by atoms with van der Waals surface area (Å²) in [7, 11) is 1.61. The Kier molecular flexibility index (Phi) is 7.15. The van der Waals surface area contributed by atoms with E-state index >= 15 is 0 Å². The number of benzene rings is 1. The number of methoxy groups -OCH3 is 1. The average molecular weight is 307 g/mol. The summed E-state index contributed by atoms with van der Waals surface area (Å²) in [6.07, 6.45) is 0.459. The smallest absolute Gasteiger partial charge is 0.225 e. The number of nitrogens with one attached hydrogen (secondary N) is 2. The lowest BCUT2D eigenvalue weighted by atomic mass is 10.3. The van der Waals surface area contributed by atoms with Crippen molar-refractivity contribution < 1.29 is 14.3 Å². The average Bonchev–Trinajstić information content (AvgIpc) is 2.55. The molecular weight excluding hydrogens is 282 g/mol. The van der Waals surface area contributed by atoms with Gasteiger partial charge in [-0.15, -0.1) is 0 Å². The summed E-state index contributed by atoms with van der Waals surface area (Å²) in [5, 5.41) is 6.17. The van der Waals surface area contributed by atoms with Gasteiger partial charge in [0.1, 0.15) is 5.75 Å². The van der Waals surface area contributed by atoms with Crippen LogP contribution < -0.4 is 15.4 Å². The molecular formula is C16H25N3O3. The minimum atomic E-state index is 0.00660. The summed E-state index contributed by atoms with van der Waals surface area (Å²) in [5.74, 6) is 0.744. The molecule has 2 rings (SSSR count). The van der Waals surface area contributed by atoms with Crippen molar-refractivity contribution in [3.8, 4) is 5.75 Å². The molecule has 0 spiro atoms. The van der Waals surface area contributed by atoms with Crippen LogP contribution in [0.1, 0.15) is 6.42 Å². The summed E-state index contributed by atoms with van der Waals surface area (Å²) in [5.41, 5.74) is 0.762. The zero-order valence-corrected chi connectivity index (χ0v) is 13.1. The Hall–Kier alpha value is -1.63. The molecule has 2 N–H and O–H groups in total. The van der Waals surface area contributed by atoms with Crippen LogP contribution in [0, 0.1) is 0 Å². The van der Waals surface area contributed by atoms with E-state index in [1.54, 1.807) is 7.11 Å². The summed E-state index contributed by atoms with van der Waals surface area (Å²) in [6.45, 7) is 6.22. The summed E-state index contributed by atoms with van der Waals surface area (Å²) < 4.78 is 10.4. The van der Waals surface area contributed by atoms with Crippen molar-refractivity contribution in [1.82, 2.24) is 10.2 Å². The number of nitrogens with zero attached hydrogens (tertiary/aromatic N) is 1. The Morgan fingerprint density at radius 3 is 2.91 bits per heavy atom. The minimum absolute atomic E-state index is 0.00660. The standard InChI is InChI=1S/C16H25N3O3/c1-21-15-4-2-3-14(13-15)18-16(20)5-6-17-7-8-19-9-11-22-12-10-19/h2-4,13,17H,5-12H2,1H3,(H,18,20). The predicted molar refractivity (Wildman–Crippen MR) is 86.4 cm³/mol. The number of hydrogen-bond acceptors (Lipinski definition) is 5. The van der Waals surface area contributed by atoms with Crippen molar-refractivity contribution in [3.63, 3.8) is 0 Å². The van der Waals surface area contributed by atoms with Crippen molar-refractivity contribution in [2.75, 3.05) is 58.4 Å². The topological polar surface area (TPSA) is 62.8 Å². The summed E-state index contributed by atoms with van der Waals surface area (Å²) >= 11 is 0. The fraction of sp³-hybridized carbons (Fsp3) is 0.562.